The van der Waals surface area contributed by atoms with Crippen LogP contribution in [-0.4, -0.2) is 5.11 Å². The third-order valence-corrected chi connectivity index (χ3v) is 2.35. The number of aromatic hydroxyl groups is 1. The first kappa shape index (κ1) is 11.1. The summed E-state index contributed by atoms with van der Waals surface area (Å²) < 4.78 is 0. The number of rotatable bonds is 2. The molecular weight excluding hydrogens is 223 g/mol. The van der Waals surface area contributed by atoms with E-state index in [9.17, 15) is 5.11 Å². The Labute approximate surface area is 91.7 Å². The Balaban J connectivity index is 3.07. The minimum atomic E-state index is -0.435. The van der Waals surface area contributed by atoms with Gasteiger partial charge in [0.25, 0.3) is 0 Å². The number of nitrogens with two attached hydrogens (primary N) is 1. The van der Waals surface area contributed by atoms with Gasteiger partial charge in [0.05, 0.1) is 22.5 Å². The maximum absolute atomic E-state index is 9.27. The summed E-state index contributed by atoms with van der Waals surface area (Å²) in [4.78, 5) is 0. The first-order valence-electron chi connectivity index (χ1n) is 3.86. The predicted octanol–water partition coefficient (Wildman–Crippen LogP) is 2.61. The second-order valence-corrected chi connectivity index (χ2v) is 3.62. The molecule has 0 heterocycles. The van der Waals surface area contributed by atoms with E-state index in [-0.39, 0.29) is 22.2 Å². The highest BCUT2D eigenvalue weighted by Crippen LogP contribution is 2.34. The molecular formula is C9H8Cl2N2O. The lowest BCUT2D eigenvalue weighted by Crippen LogP contribution is -2.09. The van der Waals surface area contributed by atoms with Crippen molar-refractivity contribution < 1.29 is 5.11 Å². The van der Waals surface area contributed by atoms with Gasteiger partial charge >= 0.3 is 0 Å². The highest BCUT2D eigenvalue weighted by Gasteiger charge is 2.11. The van der Waals surface area contributed by atoms with Crippen LogP contribution in [0.2, 0.25) is 10.0 Å². The molecule has 0 amide bonds. The van der Waals surface area contributed by atoms with E-state index in [1.807, 2.05) is 6.07 Å². The smallest absolute Gasteiger partial charge is 0.152 e. The maximum atomic E-state index is 9.27. The van der Waals surface area contributed by atoms with Crippen molar-refractivity contribution in [3.05, 3.63) is 27.7 Å². The molecule has 0 aromatic heterocycles. The number of nitrogens with zero attached hydrogens (tertiary/aromatic N) is 1. The Morgan fingerprint density at radius 1 is 1.43 bits per heavy atom. The number of hydrogen-bond acceptors (Lipinski definition) is 3. The van der Waals surface area contributed by atoms with Crippen molar-refractivity contribution >= 4 is 23.2 Å². The molecule has 3 nitrogen and oxygen atoms in total. The highest BCUT2D eigenvalue weighted by molar-refractivity contribution is 6.37. The standard InChI is InChI=1S/C9H8Cl2N2O/c10-6-3-5(8(13)1-2-12)4-7(11)9(6)14/h3-4,8,14H,1,13H2. The van der Waals surface area contributed by atoms with Crippen LogP contribution in [0.1, 0.15) is 18.0 Å². The van der Waals surface area contributed by atoms with Gasteiger partial charge in [-0.3, -0.25) is 0 Å². The molecule has 0 radical (unpaired) electrons. The Morgan fingerprint density at radius 2 is 1.93 bits per heavy atom. The molecule has 14 heavy (non-hydrogen) atoms. The lowest BCUT2D eigenvalue weighted by atomic mass is 10.1. The summed E-state index contributed by atoms with van der Waals surface area (Å²) in [7, 11) is 0. The maximum Gasteiger partial charge on any atom is 0.152 e. The Bertz CT molecular complexity index is 364. The van der Waals surface area contributed by atoms with Crippen LogP contribution in [0.25, 0.3) is 0 Å². The molecule has 0 bridgehead atoms. The van der Waals surface area contributed by atoms with E-state index in [2.05, 4.69) is 0 Å². The fraction of sp³-hybridized carbons (Fsp3) is 0.222. The van der Waals surface area contributed by atoms with Gasteiger partial charge in [0.15, 0.2) is 5.75 Å². The van der Waals surface area contributed by atoms with Crippen LogP contribution in [0, 0.1) is 11.3 Å². The molecule has 0 spiro atoms. The van der Waals surface area contributed by atoms with Gasteiger partial charge in [-0.25, -0.2) is 0 Å². The lowest BCUT2D eigenvalue weighted by molar-refractivity contribution is 0.475. The van der Waals surface area contributed by atoms with E-state index in [4.69, 9.17) is 34.2 Å². The average molecular weight is 231 g/mol. The Kier molecular flexibility index (Phi) is 3.59. The highest BCUT2D eigenvalue weighted by atomic mass is 35.5. The lowest BCUT2D eigenvalue weighted by Gasteiger charge is -2.09. The topological polar surface area (TPSA) is 70.0 Å². The van der Waals surface area contributed by atoms with E-state index in [1.165, 1.54) is 12.1 Å². The van der Waals surface area contributed by atoms with E-state index >= 15 is 0 Å². The summed E-state index contributed by atoms with van der Waals surface area (Å²) in [6.07, 6.45) is 0.178. The number of phenolic OH excluding ortho intramolecular Hbond substituents is 1. The minimum absolute atomic E-state index is 0.140. The normalized spacial score (nSPS) is 12.1. The largest absolute Gasteiger partial charge is 0.505 e. The third-order valence-electron chi connectivity index (χ3n) is 1.78. The van der Waals surface area contributed by atoms with E-state index in [0.29, 0.717) is 5.56 Å². The molecule has 1 unspecified atom stereocenters. The van der Waals surface area contributed by atoms with Crippen molar-refractivity contribution in [2.75, 3.05) is 0 Å². The molecule has 1 aromatic rings. The molecule has 3 N–H and O–H groups in total. The second-order valence-electron chi connectivity index (χ2n) is 2.80. The zero-order valence-corrected chi connectivity index (χ0v) is 8.68. The zero-order valence-electron chi connectivity index (χ0n) is 7.17. The Morgan fingerprint density at radius 3 is 2.36 bits per heavy atom. The first-order chi connectivity index (χ1) is 6.56. The zero-order chi connectivity index (χ0) is 10.7. The number of benzene rings is 1. The van der Waals surface area contributed by atoms with E-state index in [0.717, 1.165) is 0 Å². The monoisotopic (exact) mass is 230 g/mol. The first-order valence-corrected chi connectivity index (χ1v) is 4.62. The van der Waals surface area contributed by atoms with E-state index < -0.39 is 6.04 Å². The van der Waals surface area contributed by atoms with Crippen LogP contribution in [-0.2, 0) is 0 Å². The van der Waals surface area contributed by atoms with E-state index in [1.54, 1.807) is 0 Å². The van der Waals surface area contributed by atoms with Crippen LogP contribution in [0.4, 0.5) is 0 Å². The van der Waals surface area contributed by atoms with Crippen LogP contribution in [0.3, 0.4) is 0 Å². The predicted molar refractivity (Wildman–Crippen MR) is 55.3 cm³/mol. The van der Waals surface area contributed by atoms with Crippen LogP contribution in [0.5, 0.6) is 5.75 Å². The Hall–Kier alpha value is -0.950. The molecule has 0 aliphatic heterocycles. The molecule has 0 aliphatic rings. The molecule has 0 saturated heterocycles. The molecule has 5 heteroatoms. The summed E-state index contributed by atoms with van der Waals surface area (Å²) >= 11 is 11.4. The number of halogens is 2. The van der Waals surface area contributed by atoms with Crippen molar-refractivity contribution in [3.8, 4) is 11.8 Å². The van der Waals surface area contributed by atoms with Gasteiger partial charge in [-0.1, -0.05) is 23.2 Å². The van der Waals surface area contributed by atoms with Crippen molar-refractivity contribution in [1.29, 1.82) is 5.26 Å². The summed E-state index contributed by atoms with van der Waals surface area (Å²) in [5.74, 6) is -0.166. The summed E-state index contributed by atoms with van der Waals surface area (Å²) in [6.45, 7) is 0. The van der Waals surface area contributed by atoms with Gasteiger partial charge in [0.2, 0.25) is 0 Å². The fourth-order valence-electron chi connectivity index (χ4n) is 1.02. The van der Waals surface area contributed by atoms with Crippen LogP contribution < -0.4 is 5.73 Å². The van der Waals surface area contributed by atoms with Crippen molar-refractivity contribution in [3.63, 3.8) is 0 Å². The molecule has 1 atom stereocenters. The molecule has 0 fully saturated rings. The third kappa shape index (κ3) is 2.30. The summed E-state index contributed by atoms with van der Waals surface area (Å²) in [6, 6.07) is 4.52. The number of hydrogen-bond donors (Lipinski definition) is 2. The SMILES string of the molecule is N#CCC(N)c1cc(Cl)c(O)c(Cl)c1. The van der Waals surface area contributed by atoms with Gasteiger partial charge in [0, 0.05) is 6.04 Å². The minimum Gasteiger partial charge on any atom is -0.505 e. The fourth-order valence-corrected chi connectivity index (χ4v) is 1.52. The summed E-state index contributed by atoms with van der Waals surface area (Å²) in [5.41, 5.74) is 6.31. The number of nitriles is 1. The number of phenols is 1. The van der Waals surface area contributed by atoms with Crippen LogP contribution >= 0.6 is 23.2 Å². The van der Waals surface area contributed by atoms with Gasteiger partial charge < -0.3 is 10.8 Å². The van der Waals surface area contributed by atoms with Crippen molar-refractivity contribution in [1.82, 2.24) is 0 Å². The van der Waals surface area contributed by atoms with Crippen molar-refractivity contribution in [2.24, 2.45) is 5.73 Å². The van der Waals surface area contributed by atoms with Gasteiger partial charge in [-0.2, -0.15) is 5.26 Å². The molecule has 0 aliphatic carbocycles. The molecule has 0 saturated carbocycles. The van der Waals surface area contributed by atoms with Crippen LogP contribution in [0.15, 0.2) is 12.1 Å². The average Bonchev–Trinajstić information content (AvgIpc) is 2.13. The molecule has 1 rings (SSSR count). The molecule has 74 valence electrons. The second kappa shape index (κ2) is 4.52. The summed E-state index contributed by atoms with van der Waals surface area (Å²) in [5, 5.41) is 18.0. The quantitative estimate of drug-likeness (QED) is 0.821. The van der Waals surface area contributed by atoms with Gasteiger partial charge in [-0.15, -0.1) is 0 Å². The van der Waals surface area contributed by atoms with Gasteiger partial charge in [-0.05, 0) is 17.7 Å². The molecule has 1 aromatic carbocycles. The van der Waals surface area contributed by atoms with Gasteiger partial charge in [0.1, 0.15) is 0 Å². The van der Waals surface area contributed by atoms with Crippen molar-refractivity contribution in [2.45, 2.75) is 12.5 Å².